The zero-order valence-corrected chi connectivity index (χ0v) is 19.0. The lowest BCUT2D eigenvalue weighted by atomic mass is 9.66. The first-order valence-electron chi connectivity index (χ1n) is 10.9. The zero-order valence-electron chi connectivity index (χ0n) is 19.0. The molecule has 0 aliphatic carbocycles. The molecule has 0 spiro atoms. The first-order chi connectivity index (χ1) is 15.0. The monoisotopic (exact) mass is 415 g/mol. The highest BCUT2D eigenvalue weighted by Crippen LogP contribution is 2.39. The molecule has 0 saturated heterocycles. The molecule has 31 heavy (non-hydrogen) atoms. The van der Waals surface area contributed by atoms with Gasteiger partial charge in [-0.25, -0.2) is 0 Å². The van der Waals surface area contributed by atoms with Crippen LogP contribution in [0.1, 0.15) is 36.5 Å². The van der Waals surface area contributed by atoms with E-state index in [9.17, 15) is 4.79 Å². The molecule has 0 bridgehead atoms. The van der Waals surface area contributed by atoms with Crippen molar-refractivity contribution in [1.29, 1.82) is 0 Å². The lowest BCUT2D eigenvalue weighted by Crippen LogP contribution is -2.43. The summed E-state index contributed by atoms with van der Waals surface area (Å²) >= 11 is 0. The van der Waals surface area contributed by atoms with E-state index in [0.29, 0.717) is 12.8 Å². The third kappa shape index (κ3) is 5.23. The van der Waals surface area contributed by atoms with E-state index in [4.69, 9.17) is 4.74 Å². The van der Waals surface area contributed by atoms with Gasteiger partial charge >= 0.3 is 0 Å². The minimum Gasteiger partial charge on any atom is -0.497 e. The standard InChI is InChI=1S/C28H33NO2/c1-22(29(2)3)21-28(24-11-7-5-8-12-24,25-13-9-6-10-14-25)27(30)20-17-23-15-18-26(31-4)19-16-23/h5-16,18-19,22H,17,20-21H2,1-4H3/t22-/m1/s1. The molecule has 3 aromatic carbocycles. The Bertz CT molecular complexity index is 910. The molecular weight excluding hydrogens is 382 g/mol. The van der Waals surface area contributed by atoms with Gasteiger partial charge in [-0.3, -0.25) is 4.79 Å². The number of ketones is 1. The third-order valence-corrected chi connectivity index (χ3v) is 6.29. The summed E-state index contributed by atoms with van der Waals surface area (Å²) in [5, 5.41) is 0. The summed E-state index contributed by atoms with van der Waals surface area (Å²) in [7, 11) is 5.82. The van der Waals surface area contributed by atoms with Crippen molar-refractivity contribution in [2.24, 2.45) is 0 Å². The second-order valence-electron chi connectivity index (χ2n) is 8.43. The van der Waals surface area contributed by atoms with Crippen molar-refractivity contribution in [1.82, 2.24) is 4.90 Å². The predicted octanol–water partition coefficient (Wildman–Crippen LogP) is 5.52. The maximum atomic E-state index is 14.1. The molecule has 0 aromatic heterocycles. The predicted molar refractivity (Wildman–Crippen MR) is 128 cm³/mol. The summed E-state index contributed by atoms with van der Waals surface area (Å²) in [5.74, 6) is 1.09. The molecule has 0 unspecified atom stereocenters. The normalized spacial score (nSPS) is 12.5. The number of methoxy groups -OCH3 is 1. The van der Waals surface area contributed by atoms with Gasteiger partial charge in [0, 0.05) is 12.5 Å². The van der Waals surface area contributed by atoms with Crippen LogP contribution in [0.5, 0.6) is 5.75 Å². The van der Waals surface area contributed by atoms with Crippen molar-refractivity contribution in [3.8, 4) is 5.75 Å². The number of carbonyl (C=O) groups is 1. The molecule has 0 radical (unpaired) electrons. The average Bonchev–Trinajstić information content (AvgIpc) is 2.82. The number of ether oxygens (including phenoxy) is 1. The van der Waals surface area contributed by atoms with E-state index in [1.54, 1.807) is 7.11 Å². The molecule has 0 fully saturated rings. The first-order valence-corrected chi connectivity index (χ1v) is 10.9. The van der Waals surface area contributed by atoms with Crippen molar-refractivity contribution in [3.63, 3.8) is 0 Å². The molecule has 3 rings (SSSR count). The SMILES string of the molecule is COc1ccc(CCC(=O)C(C[C@@H](C)N(C)C)(c2ccccc2)c2ccccc2)cc1. The van der Waals surface area contributed by atoms with Crippen LogP contribution in [0.15, 0.2) is 84.9 Å². The summed E-state index contributed by atoms with van der Waals surface area (Å²) in [6.45, 7) is 2.19. The fraction of sp³-hybridized carbons (Fsp3) is 0.321. The number of Topliss-reactive ketones (excluding diaryl/α,β-unsaturated/α-hetero) is 1. The van der Waals surface area contributed by atoms with Crippen LogP contribution in [-0.4, -0.2) is 37.9 Å². The van der Waals surface area contributed by atoms with Gasteiger partial charge in [-0.15, -0.1) is 0 Å². The van der Waals surface area contributed by atoms with Crippen molar-refractivity contribution < 1.29 is 9.53 Å². The van der Waals surface area contributed by atoms with Gasteiger partial charge in [0.2, 0.25) is 0 Å². The fourth-order valence-electron chi connectivity index (χ4n) is 4.17. The van der Waals surface area contributed by atoms with E-state index in [2.05, 4.69) is 50.2 Å². The van der Waals surface area contributed by atoms with Crippen LogP contribution in [0.4, 0.5) is 0 Å². The van der Waals surface area contributed by atoms with Crippen LogP contribution in [0.3, 0.4) is 0 Å². The van der Waals surface area contributed by atoms with E-state index < -0.39 is 5.41 Å². The summed E-state index contributed by atoms with van der Waals surface area (Å²) in [4.78, 5) is 16.3. The Morgan fingerprint density at radius 1 is 0.871 bits per heavy atom. The van der Waals surface area contributed by atoms with Crippen LogP contribution >= 0.6 is 0 Å². The Balaban J connectivity index is 2.01. The minimum absolute atomic E-state index is 0.241. The molecule has 0 amide bonds. The fourth-order valence-corrected chi connectivity index (χ4v) is 4.17. The summed E-state index contributed by atoms with van der Waals surface area (Å²) in [6.07, 6.45) is 1.92. The molecular formula is C28H33NO2. The Labute approximate surface area is 186 Å². The average molecular weight is 416 g/mol. The highest BCUT2D eigenvalue weighted by atomic mass is 16.5. The second kappa shape index (κ2) is 10.4. The number of benzene rings is 3. The maximum absolute atomic E-state index is 14.1. The van der Waals surface area contributed by atoms with E-state index in [0.717, 1.165) is 28.9 Å². The highest BCUT2D eigenvalue weighted by molar-refractivity contribution is 5.94. The van der Waals surface area contributed by atoms with Crippen LogP contribution < -0.4 is 4.74 Å². The second-order valence-corrected chi connectivity index (χ2v) is 8.43. The third-order valence-electron chi connectivity index (χ3n) is 6.29. The molecule has 0 N–H and O–H groups in total. The highest BCUT2D eigenvalue weighted by Gasteiger charge is 2.42. The lowest BCUT2D eigenvalue weighted by Gasteiger charge is -2.38. The molecule has 162 valence electrons. The van der Waals surface area contributed by atoms with E-state index >= 15 is 0 Å². The zero-order chi connectivity index (χ0) is 22.3. The van der Waals surface area contributed by atoms with E-state index in [1.165, 1.54) is 0 Å². The number of carbonyl (C=O) groups excluding carboxylic acids is 1. The Hall–Kier alpha value is -2.91. The van der Waals surface area contributed by atoms with Crippen molar-refractivity contribution in [2.45, 2.75) is 37.6 Å². The van der Waals surface area contributed by atoms with E-state index in [1.807, 2.05) is 60.7 Å². The van der Waals surface area contributed by atoms with Crippen molar-refractivity contribution >= 4 is 5.78 Å². The van der Waals surface area contributed by atoms with Gasteiger partial charge in [-0.05, 0) is 62.7 Å². The van der Waals surface area contributed by atoms with Gasteiger partial charge in [0.1, 0.15) is 11.5 Å². The quantitative estimate of drug-likeness (QED) is 0.436. The van der Waals surface area contributed by atoms with Crippen molar-refractivity contribution in [3.05, 3.63) is 102 Å². The number of hydrogen-bond acceptors (Lipinski definition) is 3. The molecule has 0 aliphatic rings. The Morgan fingerprint density at radius 3 is 1.84 bits per heavy atom. The Kier molecular flexibility index (Phi) is 7.64. The molecule has 0 saturated carbocycles. The number of nitrogens with zero attached hydrogens (tertiary/aromatic N) is 1. The summed E-state index contributed by atoms with van der Waals surface area (Å²) in [5.41, 5.74) is 2.59. The van der Waals surface area contributed by atoms with Crippen LogP contribution in [-0.2, 0) is 16.6 Å². The van der Waals surface area contributed by atoms with Gasteiger partial charge in [0.15, 0.2) is 0 Å². The minimum atomic E-state index is -0.682. The topological polar surface area (TPSA) is 29.5 Å². The molecule has 3 aromatic rings. The van der Waals surface area contributed by atoms with Gasteiger partial charge in [-0.2, -0.15) is 0 Å². The molecule has 3 heteroatoms. The van der Waals surface area contributed by atoms with E-state index in [-0.39, 0.29) is 11.8 Å². The van der Waals surface area contributed by atoms with Gasteiger partial charge in [0.25, 0.3) is 0 Å². The smallest absolute Gasteiger partial charge is 0.148 e. The number of aryl methyl sites for hydroxylation is 1. The summed E-state index contributed by atoms with van der Waals surface area (Å²) in [6, 6.07) is 28.8. The van der Waals surface area contributed by atoms with Crippen LogP contribution in [0.25, 0.3) is 0 Å². The maximum Gasteiger partial charge on any atom is 0.148 e. The van der Waals surface area contributed by atoms with Crippen molar-refractivity contribution in [2.75, 3.05) is 21.2 Å². The summed E-state index contributed by atoms with van der Waals surface area (Å²) < 4.78 is 5.26. The molecule has 1 atom stereocenters. The van der Waals surface area contributed by atoms with Crippen LogP contribution in [0.2, 0.25) is 0 Å². The van der Waals surface area contributed by atoms with Gasteiger partial charge in [0.05, 0.1) is 12.5 Å². The van der Waals surface area contributed by atoms with Gasteiger partial charge in [-0.1, -0.05) is 72.8 Å². The number of rotatable bonds is 10. The largest absolute Gasteiger partial charge is 0.497 e. The van der Waals surface area contributed by atoms with Gasteiger partial charge < -0.3 is 9.64 Å². The molecule has 0 heterocycles. The lowest BCUT2D eigenvalue weighted by molar-refractivity contribution is -0.123. The Morgan fingerprint density at radius 2 is 1.39 bits per heavy atom. The molecule has 3 nitrogen and oxygen atoms in total. The first kappa shape index (κ1) is 22.8. The molecule has 0 aliphatic heterocycles. The van der Waals surface area contributed by atoms with Crippen LogP contribution in [0, 0.1) is 0 Å². The number of hydrogen-bond donors (Lipinski definition) is 0.